The first-order valence-electron chi connectivity index (χ1n) is 9.72. The molecule has 1 saturated carbocycles. The Morgan fingerprint density at radius 2 is 1.67 bits per heavy atom. The first-order chi connectivity index (χ1) is 12.8. The summed E-state index contributed by atoms with van der Waals surface area (Å²) in [5, 5.41) is 0. The van der Waals surface area contributed by atoms with Crippen molar-refractivity contribution >= 4 is 21.7 Å². The standard InChI is InChI=1S/C20H28N2O4S/c1-27(25,26)18-8-4-7-17(15-18)20(24)22-13-11-21(12-14-22)19(23)10-9-16-5-2-3-6-16/h4,7-8,15-16H,2-3,5-6,9-14H2,1H3. The SMILES string of the molecule is CS(=O)(=O)c1cccc(C(=O)N2CCN(C(=O)CCC3CCCC3)CC2)c1. The van der Waals surface area contributed by atoms with E-state index in [4.69, 9.17) is 0 Å². The molecule has 1 aromatic carbocycles. The Morgan fingerprint density at radius 1 is 1.04 bits per heavy atom. The number of rotatable bonds is 5. The van der Waals surface area contributed by atoms with Gasteiger partial charge in [-0.15, -0.1) is 0 Å². The summed E-state index contributed by atoms with van der Waals surface area (Å²) in [5.41, 5.74) is 0.374. The van der Waals surface area contributed by atoms with Crippen LogP contribution in [0.2, 0.25) is 0 Å². The molecule has 0 aromatic heterocycles. The van der Waals surface area contributed by atoms with Crippen LogP contribution in [0.15, 0.2) is 29.2 Å². The predicted molar refractivity (Wildman–Crippen MR) is 103 cm³/mol. The minimum atomic E-state index is -3.35. The van der Waals surface area contributed by atoms with Crippen molar-refractivity contribution in [2.24, 2.45) is 5.92 Å². The highest BCUT2D eigenvalue weighted by molar-refractivity contribution is 7.90. The van der Waals surface area contributed by atoms with E-state index < -0.39 is 9.84 Å². The number of sulfone groups is 1. The number of hydrogen-bond donors (Lipinski definition) is 0. The summed E-state index contributed by atoms with van der Waals surface area (Å²) in [6.07, 6.45) is 7.81. The molecular formula is C20H28N2O4S. The minimum Gasteiger partial charge on any atom is -0.339 e. The Kier molecular flexibility index (Phi) is 6.19. The highest BCUT2D eigenvalue weighted by Gasteiger charge is 2.26. The van der Waals surface area contributed by atoms with Crippen molar-refractivity contribution < 1.29 is 18.0 Å². The molecule has 3 rings (SSSR count). The first-order valence-corrected chi connectivity index (χ1v) is 11.6. The molecule has 148 valence electrons. The number of benzene rings is 1. The Bertz CT molecular complexity index is 792. The van der Waals surface area contributed by atoms with E-state index in [1.165, 1.54) is 37.8 Å². The molecule has 1 aromatic rings. The quantitative estimate of drug-likeness (QED) is 0.771. The van der Waals surface area contributed by atoms with Crippen LogP contribution in [0, 0.1) is 5.92 Å². The fraction of sp³-hybridized carbons (Fsp3) is 0.600. The molecule has 0 unspecified atom stereocenters. The van der Waals surface area contributed by atoms with Crippen LogP contribution in [0.4, 0.5) is 0 Å². The van der Waals surface area contributed by atoms with Gasteiger partial charge in [-0.1, -0.05) is 31.7 Å². The lowest BCUT2D eigenvalue weighted by atomic mass is 10.0. The van der Waals surface area contributed by atoms with E-state index in [1.807, 2.05) is 4.90 Å². The molecular weight excluding hydrogens is 364 g/mol. The van der Waals surface area contributed by atoms with Gasteiger partial charge in [0.05, 0.1) is 4.90 Å². The molecule has 1 aliphatic heterocycles. The average molecular weight is 393 g/mol. The van der Waals surface area contributed by atoms with Crippen molar-refractivity contribution in [1.82, 2.24) is 9.80 Å². The second kappa shape index (κ2) is 8.42. The zero-order valence-corrected chi connectivity index (χ0v) is 16.7. The second-order valence-corrected chi connectivity index (χ2v) is 9.68. The number of carbonyl (C=O) groups excluding carboxylic acids is 2. The van der Waals surface area contributed by atoms with Crippen LogP contribution in [-0.2, 0) is 14.6 Å². The van der Waals surface area contributed by atoms with Gasteiger partial charge < -0.3 is 9.80 Å². The summed E-state index contributed by atoms with van der Waals surface area (Å²) in [4.78, 5) is 28.8. The van der Waals surface area contributed by atoms with E-state index in [9.17, 15) is 18.0 Å². The molecule has 0 radical (unpaired) electrons. The van der Waals surface area contributed by atoms with Crippen LogP contribution in [0.5, 0.6) is 0 Å². The van der Waals surface area contributed by atoms with E-state index >= 15 is 0 Å². The zero-order chi connectivity index (χ0) is 19.4. The minimum absolute atomic E-state index is 0.147. The predicted octanol–water partition coefficient (Wildman–Crippen LogP) is 2.34. The summed E-state index contributed by atoms with van der Waals surface area (Å²) in [7, 11) is -3.35. The number of hydrogen-bond acceptors (Lipinski definition) is 4. The van der Waals surface area contributed by atoms with Crippen LogP contribution >= 0.6 is 0 Å². The van der Waals surface area contributed by atoms with Gasteiger partial charge in [-0.05, 0) is 30.5 Å². The molecule has 0 N–H and O–H groups in total. The van der Waals surface area contributed by atoms with Gasteiger partial charge >= 0.3 is 0 Å². The van der Waals surface area contributed by atoms with Crippen molar-refractivity contribution in [1.29, 1.82) is 0 Å². The molecule has 0 spiro atoms. The van der Waals surface area contributed by atoms with Crippen molar-refractivity contribution in [3.05, 3.63) is 29.8 Å². The van der Waals surface area contributed by atoms with Crippen molar-refractivity contribution in [2.75, 3.05) is 32.4 Å². The normalized spacial score (nSPS) is 18.7. The summed E-state index contributed by atoms with van der Waals surface area (Å²) in [5.74, 6) is 0.713. The maximum Gasteiger partial charge on any atom is 0.254 e. The van der Waals surface area contributed by atoms with Crippen molar-refractivity contribution in [3.8, 4) is 0 Å². The van der Waals surface area contributed by atoms with Crippen LogP contribution in [-0.4, -0.2) is 62.5 Å². The Balaban J connectivity index is 1.52. The van der Waals surface area contributed by atoms with Gasteiger partial charge in [-0.3, -0.25) is 9.59 Å². The fourth-order valence-electron chi connectivity index (χ4n) is 3.99. The van der Waals surface area contributed by atoms with Crippen molar-refractivity contribution in [2.45, 2.75) is 43.4 Å². The van der Waals surface area contributed by atoms with Crippen LogP contribution < -0.4 is 0 Å². The molecule has 0 atom stereocenters. The Labute approximate surface area is 161 Å². The summed E-state index contributed by atoms with van der Waals surface area (Å²) in [6, 6.07) is 6.15. The van der Waals surface area contributed by atoms with Gasteiger partial charge in [0.2, 0.25) is 5.91 Å². The number of nitrogens with zero attached hydrogens (tertiary/aromatic N) is 2. The van der Waals surface area contributed by atoms with Gasteiger partial charge in [-0.25, -0.2) is 8.42 Å². The molecule has 2 amide bonds. The van der Waals surface area contributed by atoms with Gasteiger partial charge in [0, 0.05) is 44.4 Å². The number of amides is 2. The summed E-state index contributed by atoms with van der Waals surface area (Å²) in [6.45, 7) is 2.05. The van der Waals surface area contributed by atoms with Crippen LogP contribution in [0.1, 0.15) is 48.9 Å². The molecule has 2 aliphatic rings. The molecule has 6 nitrogen and oxygen atoms in total. The van der Waals surface area contributed by atoms with E-state index in [0.717, 1.165) is 12.7 Å². The van der Waals surface area contributed by atoms with Gasteiger partial charge in [0.1, 0.15) is 0 Å². The Hall–Kier alpha value is -1.89. The Morgan fingerprint density at radius 3 is 2.30 bits per heavy atom. The lowest BCUT2D eigenvalue weighted by molar-refractivity contribution is -0.133. The second-order valence-electron chi connectivity index (χ2n) is 7.66. The summed E-state index contributed by atoms with van der Waals surface area (Å²) >= 11 is 0. The molecule has 27 heavy (non-hydrogen) atoms. The van der Waals surface area contributed by atoms with Gasteiger partial charge in [0.15, 0.2) is 9.84 Å². The highest BCUT2D eigenvalue weighted by Crippen LogP contribution is 2.28. The maximum absolute atomic E-state index is 12.7. The summed E-state index contributed by atoms with van der Waals surface area (Å²) < 4.78 is 23.4. The van der Waals surface area contributed by atoms with E-state index in [-0.39, 0.29) is 16.7 Å². The molecule has 1 heterocycles. The highest BCUT2D eigenvalue weighted by atomic mass is 32.2. The van der Waals surface area contributed by atoms with Gasteiger partial charge in [0.25, 0.3) is 5.91 Å². The average Bonchev–Trinajstić information content (AvgIpc) is 3.19. The lowest BCUT2D eigenvalue weighted by Gasteiger charge is -2.35. The first kappa shape index (κ1) is 19.9. The molecule has 0 bridgehead atoms. The molecule has 2 fully saturated rings. The third kappa shape index (κ3) is 5.09. The molecule has 1 aliphatic carbocycles. The lowest BCUT2D eigenvalue weighted by Crippen LogP contribution is -2.50. The molecule has 1 saturated heterocycles. The molecule has 7 heteroatoms. The van der Waals surface area contributed by atoms with Crippen LogP contribution in [0.3, 0.4) is 0 Å². The van der Waals surface area contributed by atoms with E-state index in [1.54, 1.807) is 17.0 Å². The topological polar surface area (TPSA) is 74.8 Å². The smallest absolute Gasteiger partial charge is 0.254 e. The van der Waals surface area contributed by atoms with E-state index in [0.29, 0.717) is 44.1 Å². The number of piperazine rings is 1. The van der Waals surface area contributed by atoms with Gasteiger partial charge in [-0.2, -0.15) is 0 Å². The van der Waals surface area contributed by atoms with E-state index in [2.05, 4.69) is 0 Å². The van der Waals surface area contributed by atoms with Crippen molar-refractivity contribution in [3.63, 3.8) is 0 Å². The largest absolute Gasteiger partial charge is 0.339 e. The third-order valence-electron chi connectivity index (χ3n) is 5.67. The number of carbonyl (C=O) groups is 2. The fourth-order valence-corrected chi connectivity index (χ4v) is 4.65. The van der Waals surface area contributed by atoms with Crippen LogP contribution in [0.25, 0.3) is 0 Å². The zero-order valence-electron chi connectivity index (χ0n) is 15.9. The monoisotopic (exact) mass is 392 g/mol. The third-order valence-corrected chi connectivity index (χ3v) is 6.78. The maximum atomic E-state index is 12.7.